The van der Waals surface area contributed by atoms with Crippen molar-refractivity contribution >= 4 is 14.8 Å². The second-order valence-corrected chi connectivity index (χ2v) is 6.75. The third kappa shape index (κ3) is 6.92. The van der Waals surface area contributed by atoms with Crippen molar-refractivity contribution in [2.75, 3.05) is 48.0 Å². The van der Waals surface area contributed by atoms with Gasteiger partial charge in [-0.1, -0.05) is 0 Å². The molecule has 0 aromatic heterocycles. The summed E-state index contributed by atoms with van der Waals surface area (Å²) in [6.07, 6.45) is 0.904. The van der Waals surface area contributed by atoms with E-state index in [2.05, 4.69) is 16.0 Å². The SMILES string of the molecule is CNC(=O)NCCNCCC[Si](OC)(OC)OC. The first kappa shape index (κ1) is 17.3. The van der Waals surface area contributed by atoms with Crippen LogP contribution in [0.25, 0.3) is 0 Å². The van der Waals surface area contributed by atoms with E-state index in [9.17, 15) is 4.79 Å². The standard InChI is InChI=1S/C10H25N3O4Si/c1-11-10(14)13-8-7-12-6-5-9-18(15-2,16-3)17-4/h12H,5-9H2,1-4H3,(H2,11,13,14). The number of carbonyl (C=O) groups excluding carboxylic acids is 1. The topological polar surface area (TPSA) is 80.9 Å². The average Bonchev–Trinajstić information content (AvgIpc) is 2.42. The lowest BCUT2D eigenvalue weighted by molar-refractivity contribution is 0.123. The van der Waals surface area contributed by atoms with Crippen molar-refractivity contribution in [1.82, 2.24) is 16.0 Å². The van der Waals surface area contributed by atoms with Crippen LogP contribution >= 0.6 is 0 Å². The van der Waals surface area contributed by atoms with Gasteiger partial charge in [-0.25, -0.2) is 4.79 Å². The lowest BCUT2D eigenvalue weighted by Crippen LogP contribution is -2.43. The molecule has 0 rings (SSSR count). The molecule has 0 aliphatic rings. The molecule has 0 radical (unpaired) electrons. The highest BCUT2D eigenvalue weighted by Gasteiger charge is 2.36. The normalized spacial score (nSPS) is 11.3. The van der Waals surface area contributed by atoms with Crippen LogP contribution in [0.5, 0.6) is 0 Å². The smallest absolute Gasteiger partial charge is 0.377 e. The molecule has 0 fully saturated rings. The minimum Gasteiger partial charge on any atom is -0.377 e. The molecule has 8 heteroatoms. The van der Waals surface area contributed by atoms with Crippen molar-refractivity contribution < 1.29 is 18.1 Å². The molecule has 0 spiro atoms. The van der Waals surface area contributed by atoms with Gasteiger partial charge in [0.2, 0.25) is 0 Å². The van der Waals surface area contributed by atoms with Crippen LogP contribution in [0.4, 0.5) is 4.79 Å². The summed E-state index contributed by atoms with van der Waals surface area (Å²) in [5.74, 6) is 0. The van der Waals surface area contributed by atoms with Gasteiger partial charge in [-0.2, -0.15) is 0 Å². The van der Waals surface area contributed by atoms with Gasteiger partial charge in [-0.15, -0.1) is 0 Å². The average molecular weight is 279 g/mol. The fourth-order valence-electron chi connectivity index (χ4n) is 1.46. The van der Waals surface area contributed by atoms with E-state index in [-0.39, 0.29) is 6.03 Å². The summed E-state index contributed by atoms with van der Waals surface area (Å²) in [6, 6.07) is 0.605. The maximum Gasteiger partial charge on any atom is 0.500 e. The number of urea groups is 1. The number of amides is 2. The zero-order valence-electron chi connectivity index (χ0n) is 11.7. The number of hydrogen-bond acceptors (Lipinski definition) is 5. The van der Waals surface area contributed by atoms with Gasteiger partial charge in [0.05, 0.1) is 0 Å². The van der Waals surface area contributed by atoms with Crippen LogP contribution in [-0.2, 0) is 13.3 Å². The lowest BCUT2D eigenvalue weighted by Gasteiger charge is -2.24. The van der Waals surface area contributed by atoms with Gasteiger partial charge in [-0.3, -0.25) is 0 Å². The third-order valence-electron chi connectivity index (χ3n) is 2.58. The van der Waals surface area contributed by atoms with Crippen LogP contribution in [-0.4, -0.2) is 62.8 Å². The Kier molecular flexibility index (Phi) is 9.88. The third-order valence-corrected chi connectivity index (χ3v) is 5.42. The summed E-state index contributed by atoms with van der Waals surface area (Å²) in [7, 11) is 3.99. The Balaban J connectivity index is 3.52. The zero-order chi connectivity index (χ0) is 13.9. The van der Waals surface area contributed by atoms with E-state index < -0.39 is 8.80 Å². The number of hydrogen-bond donors (Lipinski definition) is 3. The predicted molar refractivity (Wildman–Crippen MR) is 71.5 cm³/mol. The summed E-state index contributed by atoms with van der Waals surface area (Å²) >= 11 is 0. The molecule has 108 valence electrons. The molecule has 0 saturated heterocycles. The van der Waals surface area contributed by atoms with Gasteiger partial charge in [0.15, 0.2) is 0 Å². The Morgan fingerprint density at radius 1 is 1.06 bits per heavy atom. The van der Waals surface area contributed by atoms with Gasteiger partial charge in [0.25, 0.3) is 0 Å². The van der Waals surface area contributed by atoms with Crippen LogP contribution in [0.15, 0.2) is 0 Å². The highest BCUT2D eigenvalue weighted by molar-refractivity contribution is 6.60. The summed E-state index contributed by atoms with van der Waals surface area (Å²) in [5, 5.41) is 8.41. The molecule has 0 aromatic carbocycles. The van der Waals surface area contributed by atoms with Crippen molar-refractivity contribution in [2.45, 2.75) is 12.5 Å². The Morgan fingerprint density at radius 3 is 2.17 bits per heavy atom. The highest BCUT2D eigenvalue weighted by atomic mass is 28.4. The van der Waals surface area contributed by atoms with Crippen LogP contribution in [0, 0.1) is 0 Å². The molecular weight excluding hydrogens is 254 g/mol. The van der Waals surface area contributed by atoms with Crippen LogP contribution in [0.2, 0.25) is 6.04 Å². The first-order valence-corrected chi connectivity index (χ1v) is 7.89. The lowest BCUT2D eigenvalue weighted by atomic mass is 10.4. The molecule has 0 bridgehead atoms. The molecule has 0 saturated carbocycles. The van der Waals surface area contributed by atoms with E-state index in [1.54, 1.807) is 28.4 Å². The number of carbonyl (C=O) groups is 1. The summed E-state index contributed by atoms with van der Waals surface area (Å²) in [5.41, 5.74) is 0. The Morgan fingerprint density at radius 2 is 1.67 bits per heavy atom. The molecule has 3 N–H and O–H groups in total. The zero-order valence-corrected chi connectivity index (χ0v) is 12.7. The quantitative estimate of drug-likeness (QED) is 0.380. The second-order valence-electron chi connectivity index (χ2n) is 3.65. The van der Waals surface area contributed by atoms with Crippen LogP contribution in [0.3, 0.4) is 0 Å². The van der Waals surface area contributed by atoms with E-state index in [0.29, 0.717) is 6.54 Å². The van der Waals surface area contributed by atoms with E-state index in [1.807, 2.05) is 0 Å². The molecule has 0 unspecified atom stereocenters. The Bertz CT molecular complexity index is 219. The molecular formula is C10H25N3O4Si. The van der Waals surface area contributed by atoms with E-state index >= 15 is 0 Å². The second kappa shape index (κ2) is 10.3. The maximum atomic E-state index is 10.9. The first-order valence-electron chi connectivity index (χ1n) is 5.96. The van der Waals surface area contributed by atoms with Gasteiger partial charge < -0.3 is 29.2 Å². The largest absolute Gasteiger partial charge is 0.500 e. The number of nitrogens with one attached hydrogen (secondary N) is 3. The van der Waals surface area contributed by atoms with Crippen molar-refractivity contribution in [1.29, 1.82) is 0 Å². The summed E-state index contributed by atoms with van der Waals surface area (Å²) < 4.78 is 15.9. The fourth-order valence-corrected chi connectivity index (χ4v) is 3.19. The van der Waals surface area contributed by atoms with Crippen molar-refractivity contribution in [3.8, 4) is 0 Å². The fraction of sp³-hybridized carbons (Fsp3) is 0.900. The Labute approximate surface area is 110 Å². The predicted octanol–water partition coefficient (Wildman–Crippen LogP) is -0.227. The van der Waals surface area contributed by atoms with Gasteiger partial charge in [-0.05, 0) is 13.0 Å². The highest BCUT2D eigenvalue weighted by Crippen LogP contribution is 2.14. The molecule has 2 amide bonds. The molecule has 0 aliphatic heterocycles. The van der Waals surface area contributed by atoms with Gasteiger partial charge in [0.1, 0.15) is 0 Å². The minimum atomic E-state index is -2.43. The molecule has 0 heterocycles. The molecule has 0 aliphatic carbocycles. The Hall–Kier alpha value is -0.673. The van der Waals surface area contributed by atoms with E-state index in [4.69, 9.17) is 13.3 Å². The van der Waals surface area contributed by atoms with E-state index in [1.165, 1.54) is 0 Å². The van der Waals surface area contributed by atoms with Crippen molar-refractivity contribution in [3.05, 3.63) is 0 Å². The number of rotatable bonds is 10. The first-order chi connectivity index (χ1) is 8.64. The van der Waals surface area contributed by atoms with E-state index in [0.717, 1.165) is 25.6 Å². The van der Waals surface area contributed by atoms with Gasteiger partial charge >= 0.3 is 14.8 Å². The summed E-state index contributed by atoms with van der Waals surface area (Å²) in [4.78, 5) is 10.9. The molecule has 7 nitrogen and oxygen atoms in total. The maximum absolute atomic E-state index is 10.9. The van der Waals surface area contributed by atoms with Crippen molar-refractivity contribution in [3.63, 3.8) is 0 Å². The minimum absolute atomic E-state index is 0.165. The van der Waals surface area contributed by atoms with Crippen LogP contribution < -0.4 is 16.0 Å². The van der Waals surface area contributed by atoms with Crippen LogP contribution in [0.1, 0.15) is 6.42 Å². The van der Waals surface area contributed by atoms with Crippen molar-refractivity contribution in [2.24, 2.45) is 0 Å². The molecule has 0 aromatic rings. The summed E-state index contributed by atoms with van der Waals surface area (Å²) in [6.45, 7) is 2.16. The molecule has 18 heavy (non-hydrogen) atoms. The van der Waals surface area contributed by atoms with Gasteiger partial charge in [0, 0.05) is 47.5 Å². The molecule has 0 atom stereocenters. The monoisotopic (exact) mass is 279 g/mol.